The normalized spacial score (nSPS) is 18.2. The van der Waals surface area contributed by atoms with Crippen molar-refractivity contribution in [1.29, 1.82) is 0 Å². The molecule has 2 aromatic rings. The van der Waals surface area contributed by atoms with Crippen LogP contribution in [-0.2, 0) is 6.42 Å². The van der Waals surface area contributed by atoms with Crippen molar-refractivity contribution in [3.05, 3.63) is 40.5 Å². The van der Waals surface area contributed by atoms with Gasteiger partial charge in [0.1, 0.15) is 5.82 Å². The number of hydrogen-bond donors (Lipinski definition) is 1. The summed E-state index contributed by atoms with van der Waals surface area (Å²) in [4.78, 5) is 24.0. The van der Waals surface area contributed by atoms with Gasteiger partial charge in [0, 0.05) is 32.5 Å². The number of carbonyl (C=O) groups excluding carboxylic acids is 1. The fourth-order valence-corrected chi connectivity index (χ4v) is 3.66. The first-order chi connectivity index (χ1) is 10.8. The molecule has 0 saturated carbocycles. The average Bonchev–Trinajstić information content (AvgIpc) is 3.09. The number of hydrogen-bond acceptors (Lipinski definition) is 5. The Hall–Kier alpha value is -1.95. The van der Waals surface area contributed by atoms with Gasteiger partial charge in [0.2, 0.25) is 0 Å². The van der Waals surface area contributed by atoms with Crippen LogP contribution >= 0.6 is 11.3 Å². The van der Waals surface area contributed by atoms with Crippen LogP contribution in [0, 0.1) is 5.92 Å². The number of amides is 1. The lowest BCUT2D eigenvalue weighted by molar-refractivity contribution is 0.0678. The third-order valence-corrected chi connectivity index (χ3v) is 4.89. The van der Waals surface area contributed by atoms with Gasteiger partial charge in [-0.15, -0.1) is 11.3 Å². The number of aromatic nitrogens is 2. The molecule has 22 heavy (non-hydrogen) atoms. The number of nitrogens with zero attached hydrogens (tertiary/aromatic N) is 3. The van der Waals surface area contributed by atoms with Gasteiger partial charge in [0.05, 0.1) is 10.6 Å². The highest BCUT2D eigenvalue weighted by Gasteiger charge is 2.26. The zero-order chi connectivity index (χ0) is 15.4. The minimum absolute atomic E-state index is 0.160. The number of nitrogens with one attached hydrogen (secondary N) is 1. The molecule has 1 unspecified atom stereocenters. The second-order valence-electron chi connectivity index (χ2n) is 5.54. The van der Waals surface area contributed by atoms with Gasteiger partial charge >= 0.3 is 0 Å². The number of thiophene rings is 1. The molecule has 1 aliphatic rings. The minimum atomic E-state index is 0.160. The molecule has 2 aromatic heterocycles. The largest absolute Gasteiger partial charge is 0.372 e. The first-order valence-electron chi connectivity index (χ1n) is 7.58. The predicted molar refractivity (Wildman–Crippen MR) is 88.2 cm³/mol. The van der Waals surface area contributed by atoms with Crippen LogP contribution in [0.4, 0.5) is 5.82 Å². The molecule has 5 nitrogen and oxygen atoms in total. The molecule has 116 valence electrons. The van der Waals surface area contributed by atoms with Gasteiger partial charge in [-0.2, -0.15) is 0 Å². The van der Waals surface area contributed by atoms with Gasteiger partial charge in [-0.05, 0) is 36.6 Å². The van der Waals surface area contributed by atoms with E-state index in [-0.39, 0.29) is 5.91 Å². The molecule has 0 aromatic carbocycles. The van der Waals surface area contributed by atoms with E-state index in [9.17, 15) is 4.79 Å². The van der Waals surface area contributed by atoms with Crippen LogP contribution in [0.5, 0.6) is 0 Å². The molecule has 3 heterocycles. The summed E-state index contributed by atoms with van der Waals surface area (Å²) >= 11 is 1.51. The Kier molecular flexibility index (Phi) is 4.68. The molecule has 0 aliphatic carbocycles. The molecule has 1 aliphatic heterocycles. The summed E-state index contributed by atoms with van der Waals surface area (Å²) in [7, 11) is 1.86. The molecule has 1 amide bonds. The molecule has 6 heteroatoms. The predicted octanol–water partition coefficient (Wildman–Crippen LogP) is 2.67. The van der Waals surface area contributed by atoms with Crippen LogP contribution in [-0.4, -0.2) is 40.9 Å². The molecule has 1 saturated heterocycles. The fraction of sp³-hybridized carbons (Fsp3) is 0.438. The first kappa shape index (κ1) is 15.0. The van der Waals surface area contributed by atoms with Crippen molar-refractivity contribution >= 4 is 23.1 Å². The van der Waals surface area contributed by atoms with E-state index in [1.54, 1.807) is 12.4 Å². The number of piperidine rings is 1. The summed E-state index contributed by atoms with van der Waals surface area (Å²) in [6.45, 7) is 1.66. The monoisotopic (exact) mass is 316 g/mol. The number of likely N-dealkylation sites (tertiary alicyclic amines) is 1. The summed E-state index contributed by atoms with van der Waals surface area (Å²) in [5.74, 6) is 1.44. The average molecular weight is 316 g/mol. The van der Waals surface area contributed by atoms with Crippen molar-refractivity contribution in [1.82, 2.24) is 14.9 Å². The number of rotatable bonds is 4. The zero-order valence-electron chi connectivity index (χ0n) is 12.7. The van der Waals surface area contributed by atoms with Gasteiger partial charge < -0.3 is 10.2 Å². The fourth-order valence-electron chi connectivity index (χ4n) is 2.97. The van der Waals surface area contributed by atoms with Crippen molar-refractivity contribution in [2.75, 3.05) is 25.5 Å². The topological polar surface area (TPSA) is 58.1 Å². The summed E-state index contributed by atoms with van der Waals surface area (Å²) in [6, 6.07) is 3.83. The van der Waals surface area contributed by atoms with Gasteiger partial charge in [-0.1, -0.05) is 6.07 Å². The van der Waals surface area contributed by atoms with Crippen molar-refractivity contribution in [2.45, 2.75) is 19.3 Å². The molecule has 3 rings (SSSR count). The number of carbonyl (C=O) groups is 1. The Morgan fingerprint density at radius 1 is 1.45 bits per heavy atom. The van der Waals surface area contributed by atoms with E-state index >= 15 is 0 Å². The number of anilines is 1. The van der Waals surface area contributed by atoms with E-state index in [1.165, 1.54) is 11.3 Å². The third kappa shape index (κ3) is 3.27. The zero-order valence-corrected chi connectivity index (χ0v) is 13.5. The highest BCUT2D eigenvalue weighted by molar-refractivity contribution is 7.12. The van der Waals surface area contributed by atoms with Crippen LogP contribution in [0.3, 0.4) is 0 Å². The lowest BCUT2D eigenvalue weighted by Gasteiger charge is -2.32. The maximum atomic E-state index is 12.5. The van der Waals surface area contributed by atoms with Crippen LogP contribution in [0.25, 0.3) is 0 Å². The summed E-state index contributed by atoms with van der Waals surface area (Å²) < 4.78 is 0. The van der Waals surface area contributed by atoms with Crippen LogP contribution < -0.4 is 5.32 Å². The van der Waals surface area contributed by atoms with Gasteiger partial charge in [0.25, 0.3) is 5.91 Å². The molecule has 0 spiro atoms. The van der Waals surface area contributed by atoms with Crippen LogP contribution in [0.15, 0.2) is 29.9 Å². The van der Waals surface area contributed by atoms with Gasteiger partial charge in [0.15, 0.2) is 0 Å². The standard InChI is InChI=1S/C16H20N4OS/c1-17-15-13(18-6-7-19-15)10-12-4-2-8-20(11-12)16(21)14-5-3-9-22-14/h3,5-7,9,12H,2,4,8,10-11H2,1H3,(H,17,19). The quantitative estimate of drug-likeness (QED) is 0.942. The highest BCUT2D eigenvalue weighted by atomic mass is 32.1. The summed E-state index contributed by atoms with van der Waals surface area (Å²) in [5, 5.41) is 5.04. The van der Waals surface area contributed by atoms with Crippen LogP contribution in [0.1, 0.15) is 28.2 Å². The molecule has 0 bridgehead atoms. The summed E-state index contributed by atoms with van der Waals surface area (Å²) in [5.41, 5.74) is 0.987. The Morgan fingerprint density at radius 3 is 3.09 bits per heavy atom. The smallest absolute Gasteiger partial charge is 0.263 e. The van der Waals surface area contributed by atoms with E-state index < -0.39 is 0 Å². The van der Waals surface area contributed by atoms with E-state index in [4.69, 9.17) is 0 Å². The molecule has 1 fully saturated rings. The third-order valence-electron chi connectivity index (χ3n) is 4.03. The molecular formula is C16H20N4OS. The van der Waals surface area contributed by atoms with Crippen molar-refractivity contribution in [2.24, 2.45) is 5.92 Å². The second-order valence-corrected chi connectivity index (χ2v) is 6.49. The SMILES string of the molecule is CNc1nccnc1CC1CCCN(C(=O)c2cccs2)C1. The van der Waals surface area contributed by atoms with Gasteiger partial charge in [-0.3, -0.25) is 9.78 Å². The molecule has 1 N–H and O–H groups in total. The van der Waals surface area contributed by atoms with Crippen LogP contribution in [0.2, 0.25) is 0 Å². The first-order valence-corrected chi connectivity index (χ1v) is 8.46. The van der Waals surface area contributed by atoms with Crippen molar-refractivity contribution in [3.8, 4) is 0 Å². The molecular weight excluding hydrogens is 296 g/mol. The van der Waals surface area contributed by atoms with Crippen molar-refractivity contribution in [3.63, 3.8) is 0 Å². The Morgan fingerprint density at radius 2 is 2.32 bits per heavy atom. The molecule has 1 atom stereocenters. The minimum Gasteiger partial charge on any atom is -0.372 e. The van der Waals surface area contributed by atoms with Crippen molar-refractivity contribution < 1.29 is 4.79 Å². The Bertz CT molecular complexity index is 629. The highest BCUT2D eigenvalue weighted by Crippen LogP contribution is 2.24. The van der Waals surface area contributed by atoms with E-state index in [1.807, 2.05) is 29.5 Å². The Balaban J connectivity index is 1.67. The lowest BCUT2D eigenvalue weighted by atomic mass is 9.93. The second kappa shape index (κ2) is 6.87. The van der Waals surface area contributed by atoms with E-state index in [0.717, 1.165) is 48.7 Å². The van der Waals surface area contributed by atoms with E-state index in [0.29, 0.717) is 5.92 Å². The van der Waals surface area contributed by atoms with Gasteiger partial charge in [-0.25, -0.2) is 4.98 Å². The summed E-state index contributed by atoms with van der Waals surface area (Å²) in [6.07, 6.45) is 6.47. The Labute approximate surface area is 134 Å². The van der Waals surface area contributed by atoms with E-state index in [2.05, 4.69) is 15.3 Å². The molecule has 0 radical (unpaired) electrons. The maximum absolute atomic E-state index is 12.5. The maximum Gasteiger partial charge on any atom is 0.263 e. The lowest BCUT2D eigenvalue weighted by Crippen LogP contribution is -2.40.